The predicted octanol–water partition coefficient (Wildman–Crippen LogP) is 4.34. The molecule has 3 aromatic rings. The van der Waals surface area contributed by atoms with Crippen LogP contribution < -0.4 is 0 Å². The van der Waals surface area contributed by atoms with Crippen LogP contribution in [0.3, 0.4) is 0 Å². The molecule has 0 spiro atoms. The summed E-state index contributed by atoms with van der Waals surface area (Å²) in [6.45, 7) is 5.42. The van der Waals surface area contributed by atoms with E-state index < -0.39 is 5.60 Å². The first-order valence-corrected chi connectivity index (χ1v) is 8.33. The van der Waals surface area contributed by atoms with Gasteiger partial charge in [-0.2, -0.15) is 0 Å². The van der Waals surface area contributed by atoms with E-state index in [4.69, 9.17) is 0 Å². The third-order valence-corrected chi connectivity index (χ3v) is 4.68. The highest BCUT2D eigenvalue weighted by atomic mass is 16.3. The molecule has 1 aliphatic carbocycles. The molecule has 3 nitrogen and oxygen atoms in total. The second-order valence-corrected chi connectivity index (χ2v) is 7.09. The Labute approximate surface area is 136 Å². The maximum absolute atomic E-state index is 10.6. The highest BCUT2D eigenvalue weighted by Crippen LogP contribution is 2.48. The Kier molecular flexibility index (Phi) is 3.27. The lowest BCUT2D eigenvalue weighted by atomic mass is 10.0. The molecule has 0 aliphatic heterocycles. The van der Waals surface area contributed by atoms with Gasteiger partial charge in [0.25, 0.3) is 0 Å². The fraction of sp³-hybridized carbons (Fsp3) is 0.350. The third kappa shape index (κ3) is 2.55. The van der Waals surface area contributed by atoms with Crippen molar-refractivity contribution in [3.63, 3.8) is 0 Å². The zero-order valence-electron chi connectivity index (χ0n) is 13.7. The number of aromatic nitrogens is 2. The standard InChI is InChI=1S/C20H22N2O/c1-14(2)12-22-13-18(20(23)7-8-20)17-4-3-16(11-19(17)22)15-5-9-21-10-6-15/h3-6,9-11,13-14,23H,7-8,12H2,1-2H3. The van der Waals surface area contributed by atoms with E-state index in [1.165, 1.54) is 22.0 Å². The second kappa shape index (κ2) is 5.20. The van der Waals surface area contributed by atoms with E-state index in [0.717, 1.165) is 24.9 Å². The Morgan fingerprint density at radius 1 is 1.13 bits per heavy atom. The maximum atomic E-state index is 10.6. The van der Waals surface area contributed by atoms with Gasteiger partial charge < -0.3 is 9.67 Å². The van der Waals surface area contributed by atoms with Crippen LogP contribution in [0.15, 0.2) is 48.9 Å². The topological polar surface area (TPSA) is 38.0 Å². The van der Waals surface area contributed by atoms with Crippen molar-refractivity contribution < 1.29 is 5.11 Å². The minimum absolute atomic E-state index is 0.567. The lowest BCUT2D eigenvalue weighted by molar-refractivity contribution is 0.153. The molecule has 4 rings (SSSR count). The summed E-state index contributed by atoms with van der Waals surface area (Å²) < 4.78 is 2.30. The van der Waals surface area contributed by atoms with Gasteiger partial charge in [-0.05, 0) is 48.1 Å². The summed E-state index contributed by atoms with van der Waals surface area (Å²) in [5.41, 5.74) is 4.07. The average Bonchev–Trinajstić information content (AvgIpc) is 3.20. The van der Waals surface area contributed by atoms with Crippen molar-refractivity contribution in [2.75, 3.05) is 0 Å². The molecule has 0 amide bonds. The van der Waals surface area contributed by atoms with Crippen LogP contribution in [-0.4, -0.2) is 14.7 Å². The molecule has 1 aliphatic rings. The van der Waals surface area contributed by atoms with Gasteiger partial charge in [0, 0.05) is 41.6 Å². The Bertz CT molecular complexity index is 845. The predicted molar refractivity (Wildman–Crippen MR) is 93.1 cm³/mol. The summed E-state index contributed by atoms with van der Waals surface area (Å²) >= 11 is 0. The normalized spacial score (nSPS) is 16.2. The van der Waals surface area contributed by atoms with Gasteiger partial charge in [0.1, 0.15) is 0 Å². The van der Waals surface area contributed by atoms with Crippen LogP contribution in [0.2, 0.25) is 0 Å². The van der Waals surface area contributed by atoms with E-state index in [1.54, 1.807) is 0 Å². The molecule has 0 bridgehead atoms. The molecule has 2 heterocycles. The number of pyridine rings is 1. The Balaban J connectivity index is 1.89. The van der Waals surface area contributed by atoms with E-state index in [0.29, 0.717) is 5.92 Å². The molecule has 2 aromatic heterocycles. The minimum atomic E-state index is -0.599. The van der Waals surface area contributed by atoms with Gasteiger partial charge in [-0.3, -0.25) is 4.98 Å². The number of fused-ring (bicyclic) bond motifs is 1. The van der Waals surface area contributed by atoms with Crippen LogP contribution in [0.25, 0.3) is 22.0 Å². The summed E-state index contributed by atoms with van der Waals surface area (Å²) in [6, 6.07) is 10.6. The van der Waals surface area contributed by atoms with Gasteiger partial charge in [-0.1, -0.05) is 26.0 Å². The number of hydrogen-bond donors (Lipinski definition) is 1. The molecular formula is C20H22N2O. The molecule has 1 saturated carbocycles. The number of rotatable bonds is 4. The fourth-order valence-corrected chi connectivity index (χ4v) is 3.32. The van der Waals surface area contributed by atoms with Crippen molar-refractivity contribution in [2.45, 2.75) is 38.8 Å². The van der Waals surface area contributed by atoms with Crippen LogP contribution in [-0.2, 0) is 12.1 Å². The van der Waals surface area contributed by atoms with Crippen LogP contribution in [0.1, 0.15) is 32.3 Å². The van der Waals surface area contributed by atoms with Crippen LogP contribution in [0.4, 0.5) is 0 Å². The number of nitrogens with zero attached hydrogens (tertiary/aromatic N) is 2. The van der Waals surface area contributed by atoms with Crippen molar-refractivity contribution in [1.29, 1.82) is 0 Å². The van der Waals surface area contributed by atoms with E-state index in [2.05, 4.69) is 47.8 Å². The molecule has 1 fully saturated rings. The highest BCUT2D eigenvalue weighted by Gasteiger charge is 2.44. The van der Waals surface area contributed by atoms with Crippen molar-refractivity contribution >= 4 is 10.9 Å². The van der Waals surface area contributed by atoms with Crippen molar-refractivity contribution in [3.8, 4) is 11.1 Å². The van der Waals surface area contributed by atoms with E-state index in [9.17, 15) is 5.11 Å². The summed E-state index contributed by atoms with van der Waals surface area (Å²) in [7, 11) is 0. The van der Waals surface area contributed by atoms with Gasteiger partial charge >= 0.3 is 0 Å². The van der Waals surface area contributed by atoms with Crippen molar-refractivity contribution in [1.82, 2.24) is 9.55 Å². The summed E-state index contributed by atoms with van der Waals surface area (Å²) in [6.07, 6.45) is 7.56. The second-order valence-electron chi connectivity index (χ2n) is 7.09. The highest BCUT2D eigenvalue weighted by molar-refractivity contribution is 5.89. The van der Waals surface area contributed by atoms with Crippen molar-refractivity contribution in [3.05, 3.63) is 54.5 Å². The summed E-state index contributed by atoms with van der Waals surface area (Å²) in [5.74, 6) is 0.567. The summed E-state index contributed by atoms with van der Waals surface area (Å²) in [4.78, 5) is 4.10. The van der Waals surface area contributed by atoms with Gasteiger partial charge in [0.05, 0.1) is 5.60 Å². The monoisotopic (exact) mass is 306 g/mol. The molecule has 0 unspecified atom stereocenters. The lowest BCUT2D eigenvalue weighted by Gasteiger charge is -2.09. The SMILES string of the molecule is CC(C)Cn1cc(C2(O)CC2)c2ccc(-c3ccncc3)cc21. The van der Waals surface area contributed by atoms with Crippen LogP contribution in [0, 0.1) is 5.92 Å². The molecule has 0 atom stereocenters. The first-order chi connectivity index (χ1) is 11.1. The van der Waals surface area contributed by atoms with Gasteiger partial charge in [0.15, 0.2) is 0 Å². The number of benzene rings is 1. The molecule has 0 saturated heterocycles. The number of hydrogen-bond acceptors (Lipinski definition) is 2. The van der Waals surface area contributed by atoms with Crippen molar-refractivity contribution in [2.24, 2.45) is 5.92 Å². The Hall–Kier alpha value is -2.13. The van der Waals surface area contributed by atoms with Gasteiger partial charge in [-0.25, -0.2) is 0 Å². The van der Waals surface area contributed by atoms with Gasteiger partial charge in [0.2, 0.25) is 0 Å². The zero-order chi connectivity index (χ0) is 16.0. The molecule has 3 heteroatoms. The minimum Gasteiger partial charge on any atom is -0.385 e. The maximum Gasteiger partial charge on any atom is 0.0919 e. The zero-order valence-corrected chi connectivity index (χ0v) is 13.7. The molecule has 118 valence electrons. The van der Waals surface area contributed by atoms with Crippen LogP contribution >= 0.6 is 0 Å². The lowest BCUT2D eigenvalue weighted by Crippen LogP contribution is -2.05. The third-order valence-electron chi connectivity index (χ3n) is 4.68. The first-order valence-electron chi connectivity index (χ1n) is 8.33. The van der Waals surface area contributed by atoms with Crippen LogP contribution in [0.5, 0.6) is 0 Å². The molecule has 23 heavy (non-hydrogen) atoms. The number of aliphatic hydroxyl groups is 1. The molecule has 1 aromatic carbocycles. The Morgan fingerprint density at radius 3 is 2.52 bits per heavy atom. The molecule has 0 radical (unpaired) electrons. The largest absolute Gasteiger partial charge is 0.385 e. The van der Waals surface area contributed by atoms with E-state index in [1.807, 2.05) is 24.5 Å². The van der Waals surface area contributed by atoms with E-state index in [-0.39, 0.29) is 0 Å². The van der Waals surface area contributed by atoms with E-state index >= 15 is 0 Å². The van der Waals surface area contributed by atoms with Gasteiger partial charge in [-0.15, -0.1) is 0 Å². The Morgan fingerprint density at radius 2 is 1.87 bits per heavy atom. The quantitative estimate of drug-likeness (QED) is 0.778. The molecule has 1 N–H and O–H groups in total. The smallest absolute Gasteiger partial charge is 0.0919 e. The average molecular weight is 306 g/mol. The molecular weight excluding hydrogens is 284 g/mol. The fourth-order valence-electron chi connectivity index (χ4n) is 3.32. The first kappa shape index (κ1) is 14.5. The summed E-state index contributed by atoms with van der Waals surface area (Å²) in [5, 5.41) is 11.8.